The molecule has 0 bridgehead atoms. The molecule has 1 saturated heterocycles. The van der Waals surface area contributed by atoms with Gasteiger partial charge in [-0.3, -0.25) is 4.18 Å². The van der Waals surface area contributed by atoms with Gasteiger partial charge in [0.15, 0.2) is 0 Å². The number of rotatable bonds is 2. The predicted octanol–water partition coefficient (Wildman–Crippen LogP) is -0.0678. The summed E-state index contributed by atoms with van der Waals surface area (Å²) in [5.74, 6) is 0. The second-order valence-electron chi connectivity index (χ2n) is 2.45. The number of hydrogen-bond acceptors (Lipinski definition) is 3. The summed E-state index contributed by atoms with van der Waals surface area (Å²) < 4.78 is 22.8. The Bertz CT molecular complexity index is 153. The van der Waals surface area contributed by atoms with Crippen molar-refractivity contribution in [2.24, 2.45) is 0 Å². The Morgan fingerprint density at radius 1 is 1.73 bits per heavy atom. The Morgan fingerprint density at radius 2 is 2.45 bits per heavy atom. The Hall–Kier alpha value is 0.0300. The zero-order chi connectivity index (χ0) is 8.27. The molecule has 0 radical (unpaired) electrons. The SMILES string of the molecule is COS(=O)N1CCOC[C@H]1C. The highest BCUT2D eigenvalue weighted by molar-refractivity contribution is 7.77. The highest BCUT2D eigenvalue weighted by Gasteiger charge is 2.23. The lowest BCUT2D eigenvalue weighted by atomic mass is 10.3. The number of nitrogens with zero attached hydrogens (tertiary/aromatic N) is 1. The maximum atomic E-state index is 11.1. The monoisotopic (exact) mass is 179 g/mol. The van der Waals surface area contributed by atoms with Crippen LogP contribution in [-0.2, 0) is 20.2 Å². The molecule has 0 aromatic rings. The fourth-order valence-electron chi connectivity index (χ4n) is 1.03. The lowest BCUT2D eigenvalue weighted by Gasteiger charge is -2.30. The maximum Gasteiger partial charge on any atom is 0.237 e. The lowest BCUT2D eigenvalue weighted by Crippen LogP contribution is -2.44. The van der Waals surface area contributed by atoms with E-state index in [-0.39, 0.29) is 6.04 Å². The molecule has 4 nitrogen and oxygen atoms in total. The van der Waals surface area contributed by atoms with Crippen molar-refractivity contribution in [2.45, 2.75) is 13.0 Å². The van der Waals surface area contributed by atoms with Gasteiger partial charge < -0.3 is 4.74 Å². The zero-order valence-electron chi connectivity index (χ0n) is 6.78. The third-order valence-corrected chi connectivity index (χ3v) is 2.85. The van der Waals surface area contributed by atoms with Crippen LogP contribution in [0.15, 0.2) is 0 Å². The van der Waals surface area contributed by atoms with E-state index in [1.54, 1.807) is 4.31 Å². The van der Waals surface area contributed by atoms with Crippen LogP contribution in [0.4, 0.5) is 0 Å². The van der Waals surface area contributed by atoms with E-state index in [0.717, 1.165) is 0 Å². The highest BCUT2D eigenvalue weighted by Crippen LogP contribution is 2.08. The van der Waals surface area contributed by atoms with Crippen molar-refractivity contribution >= 4 is 11.3 Å². The van der Waals surface area contributed by atoms with Gasteiger partial charge in [0.05, 0.1) is 20.3 Å². The van der Waals surface area contributed by atoms with Crippen LogP contribution in [0, 0.1) is 0 Å². The molecule has 0 aromatic heterocycles. The van der Waals surface area contributed by atoms with Gasteiger partial charge in [-0.15, -0.1) is 0 Å². The van der Waals surface area contributed by atoms with E-state index in [9.17, 15) is 4.21 Å². The summed E-state index contributed by atoms with van der Waals surface area (Å²) in [5, 5.41) is 0. The molecule has 66 valence electrons. The third kappa shape index (κ3) is 2.23. The van der Waals surface area contributed by atoms with Crippen LogP contribution >= 0.6 is 0 Å². The average Bonchev–Trinajstić information content (AvgIpc) is 2.04. The predicted molar refractivity (Wildman–Crippen MR) is 42.1 cm³/mol. The van der Waals surface area contributed by atoms with Crippen LogP contribution in [0.25, 0.3) is 0 Å². The normalized spacial score (nSPS) is 30.2. The van der Waals surface area contributed by atoms with Gasteiger partial charge in [-0.1, -0.05) is 0 Å². The van der Waals surface area contributed by atoms with Gasteiger partial charge in [0.2, 0.25) is 11.3 Å². The molecule has 2 atom stereocenters. The first kappa shape index (κ1) is 9.12. The fraction of sp³-hybridized carbons (Fsp3) is 1.00. The molecule has 0 saturated carbocycles. The Kier molecular flexibility index (Phi) is 3.45. The van der Waals surface area contributed by atoms with E-state index < -0.39 is 11.3 Å². The first-order chi connectivity index (χ1) is 5.25. The van der Waals surface area contributed by atoms with Crippen LogP contribution in [0.5, 0.6) is 0 Å². The summed E-state index contributed by atoms with van der Waals surface area (Å²) in [6.07, 6.45) is 0. The Balaban J connectivity index is 2.47. The van der Waals surface area contributed by atoms with Crippen molar-refractivity contribution in [2.75, 3.05) is 26.9 Å². The summed E-state index contributed by atoms with van der Waals surface area (Å²) in [4.78, 5) is 0. The summed E-state index contributed by atoms with van der Waals surface area (Å²) in [6.45, 7) is 3.92. The van der Waals surface area contributed by atoms with E-state index in [1.807, 2.05) is 6.92 Å². The highest BCUT2D eigenvalue weighted by atomic mass is 32.2. The molecule has 0 amide bonds. The molecule has 0 N–H and O–H groups in total. The first-order valence-electron chi connectivity index (χ1n) is 3.56. The molecule has 0 aliphatic carbocycles. The molecule has 1 heterocycles. The number of morpholine rings is 1. The summed E-state index contributed by atoms with van der Waals surface area (Å²) in [6, 6.07) is 0.185. The van der Waals surface area contributed by atoms with Crippen LogP contribution in [-0.4, -0.2) is 41.4 Å². The lowest BCUT2D eigenvalue weighted by molar-refractivity contribution is 0.0378. The summed E-state index contributed by atoms with van der Waals surface area (Å²) in [7, 11) is 1.44. The van der Waals surface area contributed by atoms with Crippen molar-refractivity contribution < 1.29 is 13.1 Å². The van der Waals surface area contributed by atoms with Crippen LogP contribution in [0.2, 0.25) is 0 Å². The molecule has 0 aromatic carbocycles. The minimum absolute atomic E-state index is 0.185. The fourth-order valence-corrected chi connectivity index (χ4v) is 1.80. The van der Waals surface area contributed by atoms with E-state index in [2.05, 4.69) is 0 Å². The van der Waals surface area contributed by atoms with Crippen molar-refractivity contribution in [1.29, 1.82) is 0 Å². The summed E-state index contributed by atoms with van der Waals surface area (Å²) >= 11 is -1.29. The topological polar surface area (TPSA) is 38.8 Å². The van der Waals surface area contributed by atoms with Gasteiger partial charge in [-0.05, 0) is 6.92 Å². The third-order valence-electron chi connectivity index (χ3n) is 1.64. The minimum atomic E-state index is -1.29. The zero-order valence-corrected chi connectivity index (χ0v) is 7.60. The molecule has 1 unspecified atom stereocenters. The molecule has 0 spiro atoms. The Morgan fingerprint density at radius 3 is 3.00 bits per heavy atom. The van der Waals surface area contributed by atoms with Gasteiger partial charge in [0.1, 0.15) is 0 Å². The van der Waals surface area contributed by atoms with Gasteiger partial charge in [0.25, 0.3) is 0 Å². The maximum absolute atomic E-state index is 11.1. The van der Waals surface area contributed by atoms with Gasteiger partial charge >= 0.3 is 0 Å². The Labute approximate surface area is 69.3 Å². The first-order valence-corrected chi connectivity index (χ1v) is 4.59. The molecular formula is C6H13NO3S. The molecule has 1 aliphatic heterocycles. The van der Waals surface area contributed by atoms with Gasteiger partial charge in [-0.25, -0.2) is 4.21 Å². The van der Waals surface area contributed by atoms with Crippen molar-refractivity contribution in [3.63, 3.8) is 0 Å². The second-order valence-corrected chi connectivity index (χ2v) is 3.68. The standard InChI is InChI=1S/C6H13NO3S/c1-6-5-10-4-3-7(6)11(8)9-2/h6H,3-5H2,1-2H3/t6-,11?/m1/s1. The minimum Gasteiger partial charge on any atom is -0.378 e. The van der Waals surface area contributed by atoms with Crippen LogP contribution < -0.4 is 0 Å². The second kappa shape index (κ2) is 4.15. The van der Waals surface area contributed by atoms with E-state index in [4.69, 9.17) is 8.92 Å². The molecule has 1 rings (SSSR count). The van der Waals surface area contributed by atoms with E-state index in [0.29, 0.717) is 19.8 Å². The molecule has 1 fully saturated rings. The van der Waals surface area contributed by atoms with Gasteiger partial charge in [-0.2, -0.15) is 4.31 Å². The smallest absolute Gasteiger partial charge is 0.237 e. The van der Waals surface area contributed by atoms with E-state index >= 15 is 0 Å². The van der Waals surface area contributed by atoms with Crippen molar-refractivity contribution in [1.82, 2.24) is 4.31 Å². The van der Waals surface area contributed by atoms with Crippen molar-refractivity contribution in [3.8, 4) is 0 Å². The average molecular weight is 179 g/mol. The molecule has 1 aliphatic rings. The van der Waals surface area contributed by atoms with Crippen LogP contribution in [0.1, 0.15) is 6.92 Å². The summed E-state index contributed by atoms with van der Waals surface area (Å²) in [5.41, 5.74) is 0. The number of hydrogen-bond donors (Lipinski definition) is 0. The van der Waals surface area contributed by atoms with E-state index in [1.165, 1.54) is 7.11 Å². The van der Waals surface area contributed by atoms with Gasteiger partial charge in [0, 0.05) is 12.6 Å². The van der Waals surface area contributed by atoms with Crippen molar-refractivity contribution in [3.05, 3.63) is 0 Å². The largest absolute Gasteiger partial charge is 0.378 e. The molecule has 5 heteroatoms. The molecular weight excluding hydrogens is 166 g/mol. The van der Waals surface area contributed by atoms with Crippen LogP contribution in [0.3, 0.4) is 0 Å². The number of ether oxygens (including phenoxy) is 1. The quantitative estimate of drug-likeness (QED) is 0.595. The molecule has 11 heavy (non-hydrogen) atoms.